The number of amides is 1. The topological polar surface area (TPSA) is 52.3 Å². The van der Waals surface area contributed by atoms with Crippen molar-refractivity contribution in [3.8, 4) is 5.75 Å². The van der Waals surface area contributed by atoms with E-state index in [1.807, 2.05) is 20.8 Å². The van der Waals surface area contributed by atoms with Crippen LogP contribution in [0.15, 0.2) is 4.47 Å². The number of ether oxygens (including phenoxy) is 1. The molecule has 0 heterocycles. The van der Waals surface area contributed by atoms with Crippen LogP contribution in [0.3, 0.4) is 0 Å². The molecule has 16 heavy (non-hydrogen) atoms. The van der Waals surface area contributed by atoms with Gasteiger partial charge in [-0.05, 0) is 37.5 Å². The summed E-state index contributed by atoms with van der Waals surface area (Å²) in [5.41, 5.74) is 9.29. The first kappa shape index (κ1) is 13.0. The molecule has 1 rings (SSSR count). The van der Waals surface area contributed by atoms with Crippen molar-refractivity contribution in [3.63, 3.8) is 0 Å². The van der Waals surface area contributed by atoms with Crippen molar-refractivity contribution in [3.05, 3.63) is 26.7 Å². The maximum atomic E-state index is 11.0. The lowest BCUT2D eigenvalue weighted by atomic mass is 9.97. The van der Waals surface area contributed by atoms with E-state index in [-0.39, 0.29) is 12.3 Å². The second-order valence-corrected chi connectivity index (χ2v) is 4.64. The van der Waals surface area contributed by atoms with Gasteiger partial charge in [0.1, 0.15) is 5.75 Å². The lowest BCUT2D eigenvalue weighted by molar-refractivity contribution is -0.117. The maximum absolute atomic E-state index is 11.0. The van der Waals surface area contributed by atoms with Crippen LogP contribution in [0.25, 0.3) is 0 Å². The van der Waals surface area contributed by atoms with Crippen molar-refractivity contribution in [1.82, 2.24) is 0 Å². The third-order valence-electron chi connectivity index (χ3n) is 2.84. The molecule has 0 aliphatic rings. The zero-order chi connectivity index (χ0) is 12.5. The first-order chi connectivity index (χ1) is 7.40. The van der Waals surface area contributed by atoms with E-state index in [4.69, 9.17) is 10.5 Å². The van der Waals surface area contributed by atoms with Crippen LogP contribution in [0.2, 0.25) is 0 Å². The third-order valence-corrected chi connectivity index (χ3v) is 4.03. The van der Waals surface area contributed by atoms with Gasteiger partial charge in [-0.3, -0.25) is 4.79 Å². The Morgan fingerprint density at radius 1 is 1.25 bits per heavy atom. The van der Waals surface area contributed by atoms with Crippen LogP contribution < -0.4 is 10.5 Å². The van der Waals surface area contributed by atoms with Crippen molar-refractivity contribution in [2.24, 2.45) is 5.73 Å². The van der Waals surface area contributed by atoms with Crippen LogP contribution in [-0.4, -0.2) is 13.0 Å². The molecule has 0 spiro atoms. The summed E-state index contributed by atoms with van der Waals surface area (Å²) >= 11 is 3.53. The van der Waals surface area contributed by atoms with E-state index in [1.165, 1.54) is 0 Å². The summed E-state index contributed by atoms with van der Waals surface area (Å²) < 4.78 is 6.38. The Labute approximate surface area is 104 Å². The largest absolute Gasteiger partial charge is 0.496 e. The van der Waals surface area contributed by atoms with Gasteiger partial charge in [0.15, 0.2) is 0 Å². The van der Waals surface area contributed by atoms with Crippen molar-refractivity contribution >= 4 is 21.8 Å². The summed E-state index contributed by atoms with van der Waals surface area (Å²) in [5, 5.41) is 0. The minimum Gasteiger partial charge on any atom is -0.496 e. The van der Waals surface area contributed by atoms with Gasteiger partial charge in [0.25, 0.3) is 0 Å². The number of nitrogens with two attached hydrogens (primary N) is 1. The van der Waals surface area contributed by atoms with Crippen molar-refractivity contribution < 1.29 is 9.53 Å². The summed E-state index contributed by atoms with van der Waals surface area (Å²) in [4.78, 5) is 11.0. The van der Waals surface area contributed by atoms with Gasteiger partial charge >= 0.3 is 0 Å². The second-order valence-electron chi connectivity index (χ2n) is 3.84. The summed E-state index contributed by atoms with van der Waals surface area (Å²) in [6.07, 6.45) is 0.203. The number of halogens is 1. The molecule has 0 radical (unpaired) electrons. The van der Waals surface area contributed by atoms with Crippen LogP contribution in [0.4, 0.5) is 0 Å². The molecule has 0 aromatic heterocycles. The van der Waals surface area contributed by atoms with Gasteiger partial charge < -0.3 is 10.5 Å². The van der Waals surface area contributed by atoms with Gasteiger partial charge in [-0.25, -0.2) is 0 Å². The first-order valence-electron chi connectivity index (χ1n) is 5.00. The molecule has 0 bridgehead atoms. The van der Waals surface area contributed by atoms with Gasteiger partial charge in [-0.2, -0.15) is 0 Å². The van der Waals surface area contributed by atoms with E-state index in [2.05, 4.69) is 15.9 Å². The fourth-order valence-corrected chi connectivity index (χ4v) is 2.35. The molecule has 0 fully saturated rings. The smallest absolute Gasteiger partial charge is 0.221 e. The highest BCUT2D eigenvalue weighted by atomic mass is 79.9. The Balaban J connectivity index is 3.50. The summed E-state index contributed by atoms with van der Waals surface area (Å²) in [7, 11) is 1.61. The molecule has 88 valence electrons. The predicted octanol–water partition coefficient (Wildman–Crippen LogP) is 2.41. The fourth-order valence-electron chi connectivity index (χ4n) is 1.81. The molecule has 0 unspecified atom stereocenters. The number of hydrogen-bond donors (Lipinski definition) is 1. The molecular weight excluding hydrogens is 270 g/mol. The van der Waals surface area contributed by atoms with E-state index in [9.17, 15) is 4.79 Å². The zero-order valence-electron chi connectivity index (χ0n) is 9.98. The van der Waals surface area contributed by atoms with Gasteiger partial charge in [-0.15, -0.1) is 0 Å². The Hall–Kier alpha value is -1.03. The molecule has 1 amide bonds. The number of carbonyl (C=O) groups is 1. The Morgan fingerprint density at radius 3 is 2.25 bits per heavy atom. The van der Waals surface area contributed by atoms with Crippen LogP contribution in [0, 0.1) is 20.8 Å². The number of rotatable bonds is 3. The maximum Gasteiger partial charge on any atom is 0.221 e. The van der Waals surface area contributed by atoms with Crippen LogP contribution in [0.1, 0.15) is 22.3 Å². The number of primary amides is 1. The van der Waals surface area contributed by atoms with Crippen molar-refractivity contribution in [2.75, 3.05) is 7.11 Å². The molecule has 0 aliphatic carbocycles. The van der Waals surface area contributed by atoms with Gasteiger partial charge in [0.05, 0.1) is 13.5 Å². The normalized spacial score (nSPS) is 10.3. The molecule has 0 saturated carbocycles. The monoisotopic (exact) mass is 285 g/mol. The van der Waals surface area contributed by atoms with Crippen LogP contribution in [0.5, 0.6) is 5.75 Å². The lowest BCUT2D eigenvalue weighted by Crippen LogP contribution is -2.16. The van der Waals surface area contributed by atoms with E-state index in [0.29, 0.717) is 0 Å². The zero-order valence-corrected chi connectivity index (χ0v) is 11.6. The molecule has 0 aliphatic heterocycles. The average Bonchev–Trinajstić information content (AvgIpc) is 2.23. The Morgan fingerprint density at radius 2 is 1.81 bits per heavy atom. The highest BCUT2D eigenvalue weighted by molar-refractivity contribution is 9.10. The summed E-state index contributed by atoms with van der Waals surface area (Å²) in [6, 6.07) is 0. The Bertz CT molecular complexity index is 441. The Kier molecular flexibility index (Phi) is 3.97. The van der Waals surface area contributed by atoms with Crippen LogP contribution in [-0.2, 0) is 11.2 Å². The van der Waals surface area contributed by atoms with E-state index in [0.717, 1.165) is 32.5 Å². The van der Waals surface area contributed by atoms with Crippen LogP contribution >= 0.6 is 15.9 Å². The standard InChI is InChI=1S/C12H16BrNO2/c1-6-7(2)12(16-4)9(5-10(14)15)8(3)11(6)13/h5H2,1-4H3,(H2,14,15). The summed E-state index contributed by atoms with van der Waals surface area (Å²) in [5.74, 6) is 0.411. The molecule has 3 nitrogen and oxygen atoms in total. The molecule has 1 aromatic carbocycles. The minimum atomic E-state index is -0.350. The second kappa shape index (κ2) is 4.87. The van der Waals surface area contributed by atoms with Gasteiger partial charge in [-0.1, -0.05) is 15.9 Å². The SMILES string of the molecule is COc1c(C)c(C)c(Br)c(C)c1CC(N)=O. The molecular formula is C12H16BrNO2. The fraction of sp³-hybridized carbons (Fsp3) is 0.417. The predicted molar refractivity (Wildman–Crippen MR) is 67.8 cm³/mol. The first-order valence-corrected chi connectivity index (χ1v) is 5.79. The van der Waals surface area contributed by atoms with E-state index < -0.39 is 0 Å². The quantitative estimate of drug-likeness (QED) is 0.927. The average molecular weight is 286 g/mol. The summed E-state index contributed by atoms with van der Waals surface area (Å²) in [6.45, 7) is 5.95. The third kappa shape index (κ3) is 2.21. The van der Waals surface area contributed by atoms with Gasteiger partial charge in [0.2, 0.25) is 5.91 Å². The van der Waals surface area contributed by atoms with E-state index in [1.54, 1.807) is 7.11 Å². The highest BCUT2D eigenvalue weighted by Gasteiger charge is 2.17. The number of benzene rings is 1. The van der Waals surface area contributed by atoms with E-state index >= 15 is 0 Å². The number of methoxy groups -OCH3 is 1. The lowest BCUT2D eigenvalue weighted by Gasteiger charge is -2.17. The molecule has 2 N–H and O–H groups in total. The molecule has 0 saturated heterocycles. The molecule has 1 aromatic rings. The molecule has 0 atom stereocenters. The minimum absolute atomic E-state index is 0.203. The van der Waals surface area contributed by atoms with Gasteiger partial charge in [0, 0.05) is 10.0 Å². The molecule has 4 heteroatoms. The van der Waals surface area contributed by atoms with Crippen molar-refractivity contribution in [1.29, 1.82) is 0 Å². The highest BCUT2D eigenvalue weighted by Crippen LogP contribution is 2.36. The number of carbonyl (C=O) groups excluding carboxylic acids is 1. The number of hydrogen-bond acceptors (Lipinski definition) is 2. The van der Waals surface area contributed by atoms with Crippen molar-refractivity contribution in [2.45, 2.75) is 27.2 Å².